The number of hydrogen-bond acceptors (Lipinski definition) is 1. The van der Waals surface area contributed by atoms with Gasteiger partial charge in [-0.2, -0.15) is 0 Å². The fourth-order valence-electron chi connectivity index (χ4n) is 5.61. The molecule has 0 aromatic heterocycles. The molecule has 1 nitrogen and oxygen atoms in total. The summed E-state index contributed by atoms with van der Waals surface area (Å²) in [6.45, 7) is 0. The highest BCUT2D eigenvalue weighted by molar-refractivity contribution is 7.70. The third-order valence-corrected chi connectivity index (χ3v) is 9.53. The molecule has 2 aromatic carbocycles. The molecular formula is C26H36NP. The number of rotatable bonds is 6. The minimum absolute atomic E-state index is 0.451. The molecule has 0 N–H and O–H groups in total. The van der Waals surface area contributed by atoms with Gasteiger partial charge in [-0.05, 0) is 48.8 Å². The smallest absolute Gasteiger partial charge is 0.0281 e. The SMILES string of the molecule is CN([C@@H]1CCCC[C@H]1CC1CCCCC1)P(c1ccccc1)c1ccccc1. The van der Waals surface area contributed by atoms with Crippen LogP contribution in [-0.4, -0.2) is 17.8 Å². The first kappa shape index (κ1) is 20.1. The van der Waals surface area contributed by atoms with Crippen LogP contribution < -0.4 is 10.6 Å². The van der Waals surface area contributed by atoms with E-state index < -0.39 is 8.07 Å². The summed E-state index contributed by atoms with van der Waals surface area (Å²) in [6.07, 6.45) is 14.5. The van der Waals surface area contributed by atoms with Crippen molar-refractivity contribution in [2.24, 2.45) is 11.8 Å². The first-order valence-corrected chi connectivity index (χ1v) is 12.8. The van der Waals surface area contributed by atoms with Gasteiger partial charge in [0, 0.05) is 14.1 Å². The average Bonchev–Trinajstić information content (AvgIpc) is 2.76. The van der Waals surface area contributed by atoms with Crippen LogP contribution in [0.25, 0.3) is 0 Å². The molecule has 2 atom stereocenters. The maximum Gasteiger partial charge on any atom is 0.0281 e. The number of benzene rings is 2. The van der Waals surface area contributed by atoms with Gasteiger partial charge in [-0.1, -0.05) is 106 Å². The van der Waals surface area contributed by atoms with Crippen LogP contribution in [0.4, 0.5) is 0 Å². The molecular weight excluding hydrogens is 357 g/mol. The first-order valence-electron chi connectivity index (χ1n) is 11.5. The van der Waals surface area contributed by atoms with Crippen LogP contribution in [0.2, 0.25) is 0 Å². The lowest BCUT2D eigenvalue weighted by Gasteiger charge is -2.43. The van der Waals surface area contributed by atoms with E-state index in [-0.39, 0.29) is 0 Å². The van der Waals surface area contributed by atoms with Gasteiger partial charge >= 0.3 is 0 Å². The van der Waals surface area contributed by atoms with Crippen molar-refractivity contribution >= 4 is 18.7 Å². The predicted molar refractivity (Wildman–Crippen MR) is 124 cm³/mol. The van der Waals surface area contributed by atoms with Gasteiger partial charge in [0.05, 0.1) is 0 Å². The van der Waals surface area contributed by atoms with Gasteiger partial charge in [0.1, 0.15) is 0 Å². The summed E-state index contributed by atoms with van der Waals surface area (Å²) < 4.78 is 2.80. The second kappa shape index (κ2) is 10.0. The quantitative estimate of drug-likeness (QED) is 0.507. The highest BCUT2D eigenvalue weighted by Crippen LogP contribution is 2.45. The lowest BCUT2D eigenvalue weighted by molar-refractivity contribution is 0.161. The van der Waals surface area contributed by atoms with Gasteiger partial charge in [0.25, 0.3) is 0 Å². The zero-order chi connectivity index (χ0) is 19.2. The van der Waals surface area contributed by atoms with E-state index in [0.717, 1.165) is 17.9 Å². The zero-order valence-corrected chi connectivity index (χ0v) is 18.4. The Kier molecular flexibility index (Phi) is 7.21. The summed E-state index contributed by atoms with van der Waals surface area (Å²) in [6, 6.07) is 23.2. The first-order chi connectivity index (χ1) is 13.8. The third kappa shape index (κ3) is 4.87. The molecule has 150 valence electrons. The van der Waals surface area contributed by atoms with E-state index >= 15 is 0 Å². The molecule has 2 heteroatoms. The summed E-state index contributed by atoms with van der Waals surface area (Å²) >= 11 is 0. The van der Waals surface area contributed by atoms with Crippen LogP contribution in [0, 0.1) is 11.8 Å². The van der Waals surface area contributed by atoms with Gasteiger partial charge in [-0.15, -0.1) is 0 Å². The van der Waals surface area contributed by atoms with Crippen molar-refractivity contribution in [3.8, 4) is 0 Å². The Morgan fingerprint density at radius 1 is 0.714 bits per heavy atom. The van der Waals surface area contributed by atoms with Crippen molar-refractivity contribution in [2.75, 3.05) is 7.05 Å². The molecule has 2 aromatic rings. The normalized spacial score (nSPS) is 24.0. The Hall–Kier alpha value is -1.17. The second-order valence-electron chi connectivity index (χ2n) is 8.91. The van der Waals surface area contributed by atoms with Crippen LogP contribution in [0.3, 0.4) is 0 Å². The van der Waals surface area contributed by atoms with Gasteiger partial charge in [-0.25, -0.2) is 0 Å². The highest BCUT2D eigenvalue weighted by Gasteiger charge is 2.34. The van der Waals surface area contributed by atoms with E-state index in [9.17, 15) is 0 Å². The van der Waals surface area contributed by atoms with Crippen molar-refractivity contribution < 1.29 is 0 Å². The van der Waals surface area contributed by atoms with Crippen LogP contribution >= 0.6 is 8.07 Å². The maximum absolute atomic E-state index is 2.80. The van der Waals surface area contributed by atoms with Crippen molar-refractivity contribution in [2.45, 2.75) is 70.3 Å². The Balaban J connectivity index is 1.58. The van der Waals surface area contributed by atoms with Gasteiger partial charge < -0.3 is 0 Å². The molecule has 0 saturated heterocycles. The monoisotopic (exact) mass is 393 g/mol. The third-order valence-electron chi connectivity index (χ3n) is 7.03. The molecule has 0 unspecified atom stereocenters. The Morgan fingerprint density at radius 2 is 1.25 bits per heavy atom. The van der Waals surface area contributed by atoms with Crippen molar-refractivity contribution in [1.29, 1.82) is 0 Å². The Bertz CT molecular complexity index is 655. The lowest BCUT2D eigenvalue weighted by Crippen LogP contribution is -2.41. The molecule has 0 spiro atoms. The zero-order valence-electron chi connectivity index (χ0n) is 17.5. The van der Waals surface area contributed by atoms with Crippen LogP contribution in [0.1, 0.15) is 64.2 Å². The molecule has 2 saturated carbocycles. The molecule has 4 rings (SSSR count). The van der Waals surface area contributed by atoms with Crippen LogP contribution in [0.15, 0.2) is 60.7 Å². The number of hydrogen-bond donors (Lipinski definition) is 0. The molecule has 2 fully saturated rings. The summed E-state index contributed by atoms with van der Waals surface area (Å²) in [5.74, 6) is 1.88. The van der Waals surface area contributed by atoms with Crippen molar-refractivity contribution in [3.05, 3.63) is 60.7 Å². The minimum atomic E-state index is -0.451. The summed E-state index contributed by atoms with van der Waals surface area (Å²) in [5.41, 5.74) is 0. The van der Waals surface area contributed by atoms with Crippen LogP contribution in [0.5, 0.6) is 0 Å². The molecule has 0 bridgehead atoms. The summed E-state index contributed by atoms with van der Waals surface area (Å²) in [5, 5.41) is 2.99. The predicted octanol–water partition coefficient (Wildman–Crippen LogP) is 6.50. The minimum Gasteiger partial charge on any atom is -0.275 e. The average molecular weight is 394 g/mol. The second-order valence-corrected chi connectivity index (χ2v) is 11.2. The molecule has 28 heavy (non-hydrogen) atoms. The maximum atomic E-state index is 2.80. The van der Waals surface area contributed by atoms with E-state index in [1.54, 1.807) is 0 Å². The van der Waals surface area contributed by atoms with Crippen molar-refractivity contribution in [3.63, 3.8) is 0 Å². The molecule has 0 amide bonds. The molecule has 0 heterocycles. The van der Waals surface area contributed by atoms with E-state index in [1.165, 1.54) is 74.8 Å². The fourth-order valence-corrected chi connectivity index (χ4v) is 8.14. The van der Waals surface area contributed by atoms with Gasteiger partial charge in [-0.3, -0.25) is 4.67 Å². The van der Waals surface area contributed by atoms with E-state index in [4.69, 9.17) is 0 Å². The van der Waals surface area contributed by atoms with Crippen LogP contribution in [-0.2, 0) is 0 Å². The summed E-state index contributed by atoms with van der Waals surface area (Å²) in [7, 11) is 1.97. The Labute approximate surface area is 173 Å². The standard InChI is InChI=1S/C26H36NP/c1-27(26-20-12-11-15-23(26)21-22-13-5-2-6-14-22)28(24-16-7-3-8-17-24)25-18-9-4-10-19-25/h3-4,7-10,16-19,22-23,26H,2,5-6,11-15,20-21H2,1H3/t23-,26+/m0/s1. The van der Waals surface area contributed by atoms with Gasteiger partial charge in [0.15, 0.2) is 0 Å². The summed E-state index contributed by atoms with van der Waals surface area (Å²) in [4.78, 5) is 0. The van der Waals surface area contributed by atoms with E-state index in [1.807, 2.05) is 0 Å². The number of nitrogens with zero attached hydrogens (tertiary/aromatic N) is 1. The highest BCUT2D eigenvalue weighted by atomic mass is 31.1. The molecule has 0 aliphatic heterocycles. The fraction of sp³-hybridized carbons (Fsp3) is 0.538. The largest absolute Gasteiger partial charge is 0.275 e. The van der Waals surface area contributed by atoms with E-state index in [2.05, 4.69) is 72.4 Å². The van der Waals surface area contributed by atoms with E-state index in [0.29, 0.717) is 0 Å². The molecule has 0 radical (unpaired) electrons. The topological polar surface area (TPSA) is 3.24 Å². The Morgan fingerprint density at radius 3 is 1.86 bits per heavy atom. The van der Waals surface area contributed by atoms with Gasteiger partial charge in [0.2, 0.25) is 0 Å². The molecule has 2 aliphatic carbocycles. The van der Waals surface area contributed by atoms with Crippen molar-refractivity contribution in [1.82, 2.24) is 4.67 Å². The lowest BCUT2D eigenvalue weighted by atomic mass is 9.75. The molecule has 2 aliphatic rings.